The zero-order chi connectivity index (χ0) is 45.5. The van der Waals surface area contributed by atoms with Crippen molar-refractivity contribution in [3.63, 3.8) is 0 Å². The molecular formula is C48H83N3O9Si. The summed E-state index contributed by atoms with van der Waals surface area (Å²) in [5, 5.41) is 0.195. The molecule has 3 aliphatic rings. The second kappa shape index (κ2) is 21.6. The van der Waals surface area contributed by atoms with Crippen molar-refractivity contribution in [1.82, 2.24) is 14.7 Å². The normalized spacial score (nSPS) is 32.1. The largest absolute Gasteiger partial charge is 0.463 e. The number of carbonyl (C=O) groups is 3. The molecule has 9 atom stereocenters. The van der Waals surface area contributed by atoms with Crippen molar-refractivity contribution in [3.05, 3.63) is 35.9 Å². The number of likely N-dealkylation sites (N-methyl/N-ethyl adjacent to an activating group) is 2. The average molecular weight is 874 g/mol. The number of methoxy groups -OCH3 is 1. The van der Waals surface area contributed by atoms with E-state index in [4.69, 9.17) is 28.1 Å². The van der Waals surface area contributed by atoms with E-state index >= 15 is 0 Å². The van der Waals surface area contributed by atoms with E-state index in [1.54, 1.807) is 52.1 Å². The number of carbonyl (C=O) groups excluding carboxylic acids is 3. The first-order valence-electron chi connectivity index (χ1n) is 23.0. The number of rotatable bonds is 13. The predicted octanol–water partition coefficient (Wildman–Crippen LogP) is 7.70. The maximum absolute atomic E-state index is 14.7. The second-order valence-electron chi connectivity index (χ2n) is 20.9. The molecule has 3 saturated heterocycles. The number of esters is 2. The van der Waals surface area contributed by atoms with E-state index in [9.17, 15) is 14.4 Å². The van der Waals surface area contributed by atoms with Gasteiger partial charge in [-0.05, 0) is 136 Å². The monoisotopic (exact) mass is 874 g/mol. The molecule has 0 amide bonds. The van der Waals surface area contributed by atoms with Gasteiger partial charge < -0.3 is 37.9 Å². The summed E-state index contributed by atoms with van der Waals surface area (Å²) in [5.74, 6) is -1.55. The van der Waals surface area contributed by atoms with Crippen LogP contribution in [0.1, 0.15) is 112 Å². The Morgan fingerprint density at radius 3 is 2.23 bits per heavy atom. The van der Waals surface area contributed by atoms with Crippen molar-refractivity contribution in [2.24, 2.45) is 23.2 Å². The van der Waals surface area contributed by atoms with Crippen LogP contribution in [0.4, 0.5) is 0 Å². The van der Waals surface area contributed by atoms with Gasteiger partial charge >= 0.3 is 11.9 Å². The smallest absolute Gasteiger partial charge is 0.338 e. The van der Waals surface area contributed by atoms with E-state index in [1.165, 1.54) is 0 Å². The number of piperidine rings is 1. The summed E-state index contributed by atoms with van der Waals surface area (Å²) < 4.78 is 38.9. The van der Waals surface area contributed by atoms with Crippen molar-refractivity contribution in [2.75, 3.05) is 67.1 Å². The van der Waals surface area contributed by atoms with Gasteiger partial charge in [0.15, 0.2) is 26.5 Å². The minimum atomic E-state index is -1.79. The third-order valence-electron chi connectivity index (χ3n) is 14.5. The van der Waals surface area contributed by atoms with Crippen LogP contribution in [0.2, 0.25) is 18.1 Å². The molecule has 0 bridgehead atoms. The number of Topliss-reactive ketones (excluding diaryl/α,β-unsaturated/α-hetero) is 1. The summed E-state index contributed by atoms with van der Waals surface area (Å²) in [7, 11) is 3.77. The van der Waals surface area contributed by atoms with Gasteiger partial charge in [0.2, 0.25) is 0 Å². The molecule has 13 heteroatoms. The van der Waals surface area contributed by atoms with E-state index in [-0.39, 0.29) is 41.5 Å². The Bertz CT molecular complexity index is 1560. The summed E-state index contributed by atoms with van der Waals surface area (Å²) in [6.07, 6.45) is 1.30. The number of hydrogen-bond acceptors (Lipinski definition) is 12. The Balaban J connectivity index is 1.58. The van der Waals surface area contributed by atoms with Crippen LogP contribution in [-0.4, -0.2) is 150 Å². The molecule has 0 aliphatic carbocycles. The number of benzene rings is 1. The number of ketones is 1. The highest BCUT2D eigenvalue weighted by Crippen LogP contribution is 2.40. The first kappa shape index (κ1) is 51.4. The fourth-order valence-corrected chi connectivity index (χ4v) is 10.5. The first-order valence-corrected chi connectivity index (χ1v) is 25.9. The maximum atomic E-state index is 14.7. The summed E-state index contributed by atoms with van der Waals surface area (Å²) in [4.78, 5) is 49.4. The number of likely N-dealkylation sites (tertiary alicyclic amines) is 1. The first-order chi connectivity index (χ1) is 28.4. The molecule has 1 aromatic carbocycles. The number of ether oxygens (including phenoxy) is 5. The highest BCUT2D eigenvalue weighted by molar-refractivity contribution is 6.74. The van der Waals surface area contributed by atoms with Crippen molar-refractivity contribution in [2.45, 2.75) is 162 Å². The van der Waals surface area contributed by atoms with Crippen LogP contribution in [0.25, 0.3) is 0 Å². The number of nitrogens with zero attached hydrogens (tertiary/aromatic N) is 3. The fourth-order valence-electron chi connectivity index (χ4n) is 9.43. The number of hydrogen-bond donors (Lipinski definition) is 0. The van der Waals surface area contributed by atoms with Gasteiger partial charge in [0.1, 0.15) is 12.0 Å². The fraction of sp³-hybridized carbons (Fsp3) is 0.812. The maximum Gasteiger partial charge on any atom is 0.338 e. The van der Waals surface area contributed by atoms with Crippen LogP contribution >= 0.6 is 0 Å². The lowest BCUT2D eigenvalue weighted by atomic mass is 9.74. The molecule has 3 aliphatic heterocycles. The van der Waals surface area contributed by atoms with E-state index in [2.05, 4.69) is 57.5 Å². The van der Waals surface area contributed by atoms with E-state index < -0.39 is 55.7 Å². The quantitative estimate of drug-likeness (QED) is 0.110. The van der Waals surface area contributed by atoms with Crippen molar-refractivity contribution < 1.29 is 42.5 Å². The van der Waals surface area contributed by atoms with Crippen molar-refractivity contribution in [1.29, 1.82) is 0 Å². The second-order valence-corrected chi connectivity index (χ2v) is 25.8. The Labute approximate surface area is 370 Å². The van der Waals surface area contributed by atoms with Crippen LogP contribution in [0, 0.1) is 23.2 Å². The summed E-state index contributed by atoms with van der Waals surface area (Å²) in [6.45, 7) is 30.5. The molecule has 0 radical (unpaired) electrons. The molecule has 0 unspecified atom stereocenters. The molecule has 3 heterocycles. The van der Waals surface area contributed by atoms with E-state index in [1.807, 2.05) is 38.9 Å². The molecule has 348 valence electrons. The number of cyclic esters (lactones) is 1. The van der Waals surface area contributed by atoms with Crippen LogP contribution in [0.15, 0.2) is 30.3 Å². The highest BCUT2D eigenvalue weighted by atomic mass is 28.4. The lowest BCUT2D eigenvalue weighted by molar-refractivity contribution is -0.295. The van der Waals surface area contributed by atoms with Crippen molar-refractivity contribution in [3.8, 4) is 0 Å². The zero-order valence-electron chi connectivity index (χ0n) is 40.6. The summed E-state index contributed by atoms with van der Waals surface area (Å²) in [6, 6.07) is 8.65. The molecule has 3 fully saturated rings. The highest BCUT2D eigenvalue weighted by Gasteiger charge is 2.52. The molecule has 1 aromatic rings. The van der Waals surface area contributed by atoms with Crippen molar-refractivity contribution >= 4 is 26.0 Å². The topological polar surface area (TPSA) is 116 Å². The van der Waals surface area contributed by atoms with Gasteiger partial charge in [-0.25, -0.2) is 4.79 Å². The van der Waals surface area contributed by atoms with E-state index in [0.29, 0.717) is 24.3 Å². The third kappa shape index (κ3) is 13.2. The molecule has 12 nitrogen and oxygen atoms in total. The Morgan fingerprint density at radius 1 is 1.02 bits per heavy atom. The lowest BCUT2D eigenvalue weighted by Gasteiger charge is -2.48. The average Bonchev–Trinajstić information content (AvgIpc) is 3.20. The van der Waals surface area contributed by atoms with Gasteiger partial charge in [0.25, 0.3) is 0 Å². The van der Waals surface area contributed by atoms with Gasteiger partial charge in [-0.3, -0.25) is 14.5 Å². The van der Waals surface area contributed by atoms with Gasteiger partial charge in [0, 0.05) is 38.8 Å². The predicted molar refractivity (Wildman–Crippen MR) is 243 cm³/mol. The van der Waals surface area contributed by atoms with E-state index in [0.717, 1.165) is 58.6 Å². The van der Waals surface area contributed by atoms with Crippen LogP contribution in [-0.2, 0) is 37.7 Å². The van der Waals surface area contributed by atoms with Crippen LogP contribution in [0.3, 0.4) is 0 Å². The Morgan fingerprint density at radius 2 is 1.66 bits per heavy atom. The van der Waals surface area contributed by atoms with Gasteiger partial charge in [-0.2, -0.15) is 0 Å². The summed E-state index contributed by atoms with van der Waals surface area (Å²) in [5.41, 5.74) is -2.05. The molecular weight excluding hydrogens is 791 g/mol. The van der Waals surface area contributed by atoms with Gasteiger partial charge in [-0.15, -0.1) is 0 Å². The lowest BCUT2D eigenvalue weighted by Crippen LogP contribution is -2.60. The van der Waals surface area contributed by atoms with Gasteiger partial charge in [0.05, 0.1) is 29.4 Å². The Kier molecular flexibility index (Phi) is 18.2. The Hall–Kier alpha value is -2.23. The zero-order valence-corrected chi connectivity index (χ0v) is 41.6. The molecule has 4 rings (SSSR count). The molecule has 0 saturated carbocycles. The van der Waals surface area contributed by atoms with Crippen LogP contribution < -0.4 is 0 Å². The molecule has 61 heavy (non-hydrogen) atoms. The molecule has 0 N–H and O–H groups in total. The standard InChI is InChI=1S/C48H83N3O9Si/c1-16-51-31-33(2)30-48(10,55-13)42(60-44-40(39(49(11)12)28-34(3)58-44)59-43(53)37-20-18-17-19-21-37)35(4)41(52)47(8,9)45(54)56-32-38(51)29-36-22-24-50(25-23-36)26-27-57-61(14,15)46(5,6)7/h17-21,33-36,38-40,42,44H,16,22-32H2,1-15H3/t33-,34-,35+,38-,39+,40-,42-,44+,48-/m1/s1. The minimum Gasteiger partial charge on any atom is -0.463 e. The molecule has 0 spiro atoms. The summed E-state index contributed by atoms with van der Waals surface area (Å²) >= 11 is 0. The third-order valence-corrected chi connectivity index (χ3v) is 19.0. The minimum absolute atomic E-state index is 0.0000495. The van der Waals surface area contributed by atoms with Gasteiger partial charge in [-0.1, -0.05) is 59.7 Å². The SMILES string of the molecule is CCN1C[C@H](C)C[C@@](C)(OC)[C@H](O[C@@H]2O[C@H](C)C[C@H](N(C)C)[C@H]2OC(=O)c2ccccc2)[C@@H](C)C(=O)C(C)(C)C(=O)OC[C@H]1CC1CCN(CCO[Si](C)(C)C(C)(C)C)CC1. The van der Waals surface area contributed by atoms with Crippen LogP contribution in [0.5, 0.6) is 0 Å². The molecule has 0 aromatic heterocycles.